The van der Waals surface area contributed by atoms with Gasteiger partial charge in [0.15, 0.2) is 0 Å². The number of ether oxygens (including phenoxy) is 1. The topological polar surface area (TPSA) is 21.3 Å². The van der Waals surface area contributed by atoms with E-state index in [0.717, 1.165) is 5.69 Å². The van der Waals surface area contributed by atoms with E-state index < -0.39 is 0 Å². The molecule has 0 aliphatic rings. The van der Waals surface area contributed by atoms with E-state index in [1.54, 1.807) is 7.11 Å². The first-order valence-electron chi connectivity index (χ1n) is 6.60. The van der Waals surface area contributed by atoms with E-state index in [2.05, 4.69) is 67.7 Å². The molecule has 1 atom stereocenters. The molecule has 2 heteroatoms. The zero-order valence-electron chi connectivity index (χ0n) is 11.8. The molecule has 0 heterocycles. The molecule has 0 bridgehead atoms. The Hall–Kier alpha value is -1.80. The minimum atomic E-state index is 0.291. The van der Waals surface area contributed by atoms with E-state index in [1.165, 1.54) is 16.7 Å². The SMILES string of the molecule is COCc1cccc(NC(C)c2ccccc2C)c1. The van der Waals surface area contributed by atoms with E-state index in [9.17, 15) is 0 Å². The number of hydrogen-bond acceptors (Lipinski definition) is 2. The largest absolute Gasteiger partial charge is 0.380 e. The summed E-state index contributed by atoms with van der Waals surface area (Å²) in [6.45, 7) is 4.98. The highest BCUT2D eigenvalue weighted by Crippen LogP contribution is 2.22. The summed E-state index contributed by atoms with van der Waals surface area (Å²) in [6.07, 6.45) is 0. The lowest BCUT2D eigenvalue weighted by Crippen LogP contribution is -2.08. The number of aryl methyl sites for hydroxylation is 1. The molecule has 2 rings (SSSR count). The number of methoxy groups -OCH3 is 1. The van der Waals surface area contributed by atoms with Crippen molar-refractivity contribution in [1.29, 1.82) is 0 Å². The second-order valence-corrected chi connectivity index (χ2v) is 4.86. The maximum atomic E-state index is 5.16. The molecule has 0 radical (unpaired) electrons. The Balaban J connectivity index is 2.12. The van der Waals surface area contributed by atoms with E-state index in [0.29, 0.717) is 12.6 Å². The van der Waals surface area contributed by atoms with Gasteiger partial charge >= 0.3 is 0 Å². The zero-order chi connectivity index (χ0) is 13.7. The van der Waals surface area contributed by atoms with Crippen molar-refractivity contribution < 1.29 is 4.74 Å². The standard InChI is InChI=1S/C17H21NO/c1-13-7-4-5-10-17(13)14(2)18-16-9-6-8-15(11-16)12-19-3/h4-11,14,18H,12H2,1-3H3. The molecule has 2 nitrogen and oxygen atoms in total. The van der Waals surface area contributed by atoms with Crippen molar-refractivity contribution in [2.45, 2.75) is 26.5 Å². The van der Waals surface area contributed by atoms with Gasteiger partial charge in [0.1, 0.15) is 0 Å². The Morgan fingerprint density at radius 2 is 1.89 bits per heavy atom. The molecule has 0 amide bonds. The van der Waals surface area contributed by atoms with Crippen molar-refractivity contribution in [3.63, 3.8) is 0 Å². The average Bonchev–Trinajstić information content (AvgIpc) is 2.40. The Morgan fingerprint density at radius 1 is 1.11 bits per heavy atom. The number of nitrogens with one attached hydrogen (secondary N) is 1. The normalized spacial score (nSPS) is 12.2. The van der Waals surface area contributed by atoms with Gasteiger partial charge in [-0.2, -0.15) is 0 Å². The van der Waals surface area contributed by atoms with Gasteiger partial charge in [-0.1, -0.05) is 36.4 Å². The second kappa shape index (κ2) is 6.39. The zero-order valence-corrected chi connectivity index (χ0v) is 11.8. The summed E-state index contributed by atoms with van der Waals surface area (Å²) < 4.78 is 5.16. The summed E-state index contributed by atoms with van der Waals surface area (Å²) >= 11 is 0. The van der Waals surface area contributed by atoms with Crippen LogP contribution in [0.2, 0.25) is 0 Å². The molecule has 2 aromatic rings. The molecule has 0 spiro atoms. The molecular weight excluding hydrogens is 234 g/mol. The first-order chi connectivity index (χ1) is 9.20. The van der Waals surface area contributed by atoms with Gasteiger partial charge in [0, 0.05) is 18.8 Å². The molecule has 0 saturated carbocycles. The van der Waals surface area contributed by atoms with Crippen molar-refractivity contribution in [3.05, 3.63) is 65.2 Å². The highest BCUT2D eigenvalue weighted by molar-refractivity contribution is 5.48. The van der Waals surface area contributed by atoms with Crippen LogP contribution in [0, 0.1) is 6.92 Å². The van der Waals surface area contributed by atoms with E-state index in [1.807, 2.05) is 0 Å². The molecule has 0 aliphatic carbocycles. The van der Waals surface area contributed by atoms with Crippen LogP contribution in [0.1, 0.15) is 29.7 Å². The van der Waals surface area contributed by atoms with Crippen LogP contribution in [0.25, 0.3) is 0 Å². The molecule has 0 aliphatic heterocycles. The third kappa shape index (κ3) is 3.58. The molecule has 1 unspecified atom stereocenters. The second-order valence-electron chi connectivity index (χ2n) is 4.86. The lowest BCUT2D eigenvalue weighted by molar-refractivity contribution is 0.185. The molecular formula is C17H21NO. The summed E-state index contributed by atoms with van der Waals surface area (Å²) in [5, 5.41) is 3.54. The molecule has 19 heavy (non-hydrogen) atoms. The van der Waals surface area contributed by atoms with E-state index in [-0.39, 0.29) is 0 Å². The molecule has 0 aromatic heterocycles. The summed E-state index contributed by atoms with van der Waals surface area (Å²) in [5.41, 5.74) is 4.96. The fraction of sp³-hybridized carbons (Fsp3) is 0.294. The van der Waals surface area contributed by atoms with Crippen molar-refractivity contribution >= 4 is 5.69 Å². The number of anilines is 1. The van der Waals surface area contributed by atoms with Crippen LogP contribution in [0.4, 0.5) is 5.69 Å². The van der Waals surface area contributed by atoms with Crippen LogP contribution in [0.15, 0.2) is 48.5 Å². The molecule has 0 saturated heterocycles. The Labute approximate surface area is 115 Å². The highest BCUT2D eigenvalue weighted by Gasteiger charge is 2.07. The van der Waals surface area contributed by atoms with Gasteiger partial charge in [0.2, 0.25) is 0 Å². The van der Waals surface area contributed by atoms with Gasteiger partial charge in [-0.05, 0) is 42.7 Å². The number of benzene rings is 2. The number of rotatable bonds is 5. The predicted molar refractivity (Wildman–Crippen MR) is 80.4 cm³/mol. The minimum Gasteiger partial charge on any atom is -0.380 e. The molecule has 2 aromatic carbocycles. The first-order valence-corrected chi connectivity index (χ1v) is 6.60. The van der Waals surface area contributed by atoms with E-state index >= 15 is 0 Å². The van der Waals surface area contributed by atoms with Crippen molar-refractivity contribution in [2.24, 2.45) is 0 Å². The molecule has 100 valence electrons. The van der Waals surface area contributed by atoms with Crippen LogP contribution < -0.4 is 5.32 Å². The predicted octanol–water partition coefficient (Wildman–Crippen LogP) is 4.31. The molecule has 0 fully saturated rings. The number of hydrogen-bond donors (Lipinski definition) is 1. The lowest BCUT2D eigenvalue weighted by atomic mass is 10.0. The van der Waals surface area contributed by atoms with Crippen LogP contribution >= 0.6 is 0 Å². The van der Waals surface area contributed by atoms with Crippen molar-refractivity contribution in [2.75, 3.05) is 12.4 Å². The van der Waals surface area contributed by atoms with Crippen LogP contribution in [-0.4, -0.2) is 7.11 Å². The van der Waals surface area contributed by atoms with Crippen LogP contribution in [0.5, 0.6) is 0 Å². The monoisotopic (exact) mass is 255 g/mol. The fourth-order valence-corrected chi connectivity index (χ4v) is 2.32. The quantitative estimate of drug-likeness (QED) is 0.859. The van der Waals surface area contributed by atoms with Crippen LogP contribution in [0.3, 0.4) is 0 Å². The van der Waals surface area contributed by atoms with Gasteiger partial charge < -0.3 is 10.1 Å². The van der Waals surface area contributed by atoms with Gasteiger partial charge in [0.25, 0.3) is 0 Å². The Morgan fingerprint density at radius 3 is 2.63 bits per heavy atom. The Kier molecular flexibility index (Phi) is 4.58. The fourth-order valence-electron chi connectivity index (χ4n) is 2.32. The minimum absolute atomic E-state index is 0.291. The maximum Gasteiger partial charge on any atom is 0.0713 e. The van der Waals surface area contributed by atoms with Gasteiger partial charge in [0.05, 0.1) is 6.61 Å². The third-order valence-corrected chi connectivity index (χ3v) is 3.28. The van der Waals surface area contributed by atoms with Crippen molar-refractivity contribution in [1.82, 2.24) is 0 Å². The van der Waals surface area contributed by atoms with Gasteiger partial charge in [-0.3, -0.25) is 0 Å². The first kappa shape index (κ1) is 13.6. The lowest BCUT2D eigenvalue weighted by Gasteiger charge is -2.18. The summed E-state index contributed by atoms with van der Waals surface area (Å²) in [6, 6.07) is 17.1. The average molecular weight is 255 g/mol. The van der Waals surface area contributed by atoms with Gasteiger partial charge in [-0.25, -0.2) is 0 Å². The smallest absolute Gasteiger partial charge is 0.0713 e. The summed E-state index contributed by atoms with van der Waals surface area (Å²) in [5.74, 6) is 0. The maximum absolute atomic E-state index is 5.16. The third-order valence-electron chi connectivity index (χ3n) is 3.28. The molecule has 1 N–H and O–H groups in total. The van der Waals surface area contributed by atoms with E-state index in [4.69, 9.17) is 4.74 Å². The summed E-state index contributed by atoms with van der Waals surface area (Å²) in [4.78, 5) is 0. The van der Waals surface area contributed by atoms with Crippen molar-refractivity contribution in [3.8, 4) is 0 Å². The highest BCUT2D eigenvalue weighted by atomic mass is 16.5. The Bertz CT molecular complexity index is 536. The van der Waals surface area contributed by atoms with Gasteiger partial charge in [-0.15, -0.1) is 0 Å². The van der Waals surface area contributed by atoms with Crippen LogP contribution in [-0.2, 0) is 11.3 Å². The summed E-state index contributed by atoms with van der Waals surface area (Å²) in [7, 11) is 1.72.